The first kappa shape index (κ1) is 20.0. The van der Waals surface area contributed by atoms with Crippen LogP contribution in [0.15, 0.2) is 12.1 Å². The number of hydrogen-bond acceptors (Lipinski definition) is 6. The summed E-state index contributed by atoms with van der Waals surface area (Å²) in [6.45, 7) is 1.75. The Labute approximate surface area is 132 Å². The van der Waals surface area contributed by atoms with Gasteiger partial charge >= 0.3 is 5.97 Å². The lowest BCUT2D eigenvalue weighted by molar-refractivity contribution is 0.0690. The van der Waals surface area contributed by atoms with E-state index in [-0.39, 0.29) is 35.7 Å². The van der Waals surface area contributed by atoms with Crippen molar-refractivity contribution >= 4 is 29.2 Å². The van der Waals surface area contributed by atoms with E-state index in [9.17, 15) is 4.79 Å². The number of pyridine rings is 1. The molecule has 0 fully saturated rings. The van der Waals surface area contributed by atoms with Crippen molar-refractivity contribution in [2.45, 2.75) is 0 Å². The maximum atomic E-state index is 10.4. The summed E-state index contributed by atoms with van der Waals surface area (Å²) in [5.74, 6) is -1.18. The zero-order chi connectivity index (χ0) is 16.3. The number of aliphatic hydroxyl groups is 3. The Morgan fingerprint density at radius 3 is 1.86 bits per heavy atom. The van der Waals surface area contributed by atoms with Gasteiger partial charge in [0.15, 0.2) is 5.69 Å². The van der Waals surface area contributed by atoms with E-state index in [4.69, 9.17) is 43.6 Å². The van der Waals surface area contributed by atoms with Gasteiger partial charge in [-0.1, -0.05) is 23.2 Å². The van der Waals surface area contributed by atoms with Crippen LogP contribution in [-0.4, -0.2) is 75.7 Å². The van der Waals surface area contributed by atoms with Crippen LogP contribution in [0.3, 0.4) is 0 Å². The first-order chi connectivity index (χ1) is 9.96. The number of carbonyl (C=O) groups is 1. The first-order valence-corrected chi connectivity index (χ1v) is 6.82. The summed E-state index contributed by atoms with van der Waals surface area (Å²) in [5.41, 5.74) is -0.223. The number of halogens is 2. The van der Waals surface area contributed by atoms with Crippen molar-refractivity contribution in [3.63, 3.8) is 0 Å². The van der Waals surface area contributed by atoms with Crippen LogP contribution in [0.25, 0.3) is 0 Å². The van der Waals surface area contributed by atoms with Crippen LogP contribution in [0.1, 0.15) is 10.5 Å². The van der Waals surface area contributed by atoms with E-state index in [0.717, 1.165) is 0 Å². The molecule has 9 heteroatoms. The van der Waals surface area contributed by atoms with Gasteiger partial charge in [0, 0.05) is 19.6 Å². The van der Waals surface area contributed by atoms with E-state index in [2.05, 4.69) is 4.98 Å². The van der Waals surface area contributed by atoms with Crippen molar-refractivity contribution in [1.82, 2.24) is 9.88 Å². The molecule has 0 saturated carbocycles. The molecule has 0 unspecified atom stereocenters. The van der Waals surface area contributed by atoms with E-state index in [1.165, 1.54) is 12.1 Å². The predicted octanol–water partition coefficient (Wildman–Crippen LogP) is 0.352. The number of rotatable bonds is 7. The van der Waals surface area contributed by atoms with Gasteiger partial charge in [0.2, 0.25) is 0 Å². The maximum Gasteiger partial charge on any atom is 0.356 e. The number of hydrogen-bond donors (Lipinski definition) is 4. The summed E-state index contributed by atoms with van der Waals surface area (Å²) in [6.07, 6.45) is 0. The molecule has 7 nitrogen and oxygen atoms in total. The van der Waals surface area contributed by atoms with Crippen LogP contribution in [0.4, 0.5) is 0 Å². The van der Waals surface area contributed by atoms with Crippen molar-refractivity contribution in [1.29, 1.82) is 0 Å². The average Bonchev–Trinajstić information content (AvgIpc) is 2.43. The second-order valence-corrected chi connectivity index (χ2v) is 4.58. The third kappa shape index (κ3) is 8.82. The Kier molecular flexibility index (Phi) is 11.1. The molecular formula is C12H18Cl2N2O5. The van der Waals surface area contributed by atoms with Gasteiger partial charge in [-0.3, -0.25) is 4.90 Å². The van der Waals surface area contributed by atoms with Gasteiger partial charge in [0.05, 0.1) is 24.8 Å². The Balaban J connectivity index is 0.000000384. The molecule has 120 valence electrons. The van der Waals surface area contributed by atoms with Gasteiger partial charge < -0.3 is 20.4 Å². The highest BCUT2D eigenvalue weighted by Crippen LogP contribution is 2.16. The van der Waals surface area contributed by atoms with Crippen molar-refractivity contribution in [3.05, 3.63) is 28.0 Å². The fourth-order valence-electron chi connectivity index (χ4n) is 1.33. The van der Waals surface area contributed by atoms with E-state index in [1.807, 2.05) is 0 Å². The van der Waals surface area contributed by atoms with E-state index < -0.39 is 5.97 Å². The second kappa shape index (κ2) is 11.7. The minimum Gasteiger partial charge on any atom is -0.476 e. The Bertz CT molecular complexity index is 420. The number of aromatic nitrogens is 1. The highest BCUT2D eigenvalue weighted by Gasteiger charge is 2.09. The number of nitrogens with zero attached hydrogens (tertiary/aromatic N) is 2. The summed E-state index contributed by atoms with van der Waals surface area (Å²) in [6, 6.07) is 2.82. The van der Waals surface area contributed by atoms with E-state index in [0.29, 0.717) is 19.6 Å². The second-order valence-electron chi connectivity index (χ2n) is 3.78. The van der Waals surface area contributed by atoms with Crippen LogP contribution >= 0.6 is 23.2 Å². The summed E-state index contributed by atoms with van der Waals surface area (Å²) in [4.78, 5) is 15.7. The van der Waals surface area contributed by atoms with Gasteiger partial charge in [0.1, 0.15) is 5.15 Å². The van der Waals surface area contributed by atoms with Crippen LogP contribution in [0.5, 0.6) is 0 Å². The molecule has 0 atom stereocenters. The largest absolute Gasteiger partial charge is 0.476 e. The third-order valence-corrected chi connectivity index (χ3v) is 2.78. The summed E-state index contributed by atoms with van der Waals surface area (Å²) in [5, 5.41) is 34.1. The molecule has 0 amide bonds. The van der Waals surface area contributed by atoms with Crippen molar-refractivity contribution in [2.75, 3.05) is 39.5 Å². The molecule has 0 aromatic carbocycles. The fourth-order valence-corrected chi connectivity index (χ4v) is 1.66. The molecule has 21 heavy (non-hydrogen) atoms. The molecule has 0 aliphatic carbocycles. The fraction of sp³-hybridized carbons (Fsp3) is 0.500. The lowest BCUT2D eigenvalue weighted by Crippen LogP contribution is -2.32. The average molecular weight is 341 g/mol. The molecule has 0 bridgehead atoms. The molecule has 1 aromatic heterocycles. The van der Waals surface area contributed by atoms with Gasteiger partial charge in [-0.05, 0) is 12.1 Å². The minimum absolute atomic E-state index is 0.0694. The molecule has 0 aliphatic heterocycles. The van der Waals surface area contributed by atoms with E-state index >= 15 is 0 Å². The molecule has 1 aromatic rings. The summed E-state index contributed by atoms with van der Waals surface area (Å²) < 4.78 is 0. The topological polar surface area (TPSA) is 114 Å². The van der Waals surface area contributed by atoms with Crippen LogP contribution in [-0.2, 0) is 0 Å². The number of aliphatic hydroxyl groups excluding tert-OH is 3. The predicted molar refractivity (Wildman–Crippen MR) is 78.9 cm³/mol. The monoisotopic (exact) mass is 340 g/mol. The minimum atomic E-state index is -1.18. The number of carboxylic acid groups (broad SMARTS) is 1. The number of aromatic carboxylic acids is 1. The Morgan fingerprint density at radius 2 is 1.52 bits per heavy atom. The smallest absolute Gasteiger partial charge is 0.356 e. The molecule has 4 N–H and O–H groups in total. The normalized spacial score (nSPS) is 10.2. The summed E-state index contributed by atoms with van der Waals surface area (Å²) in [7, 11) is 0. The van der Waals surface area contributed by atoms with Gasteiger partial charge in [-0.25, -0.2) is 9.78 Å². The first-order valence-electron chi connectivity index (χ1n) is 6.06. The summed E-state index contributed by atoms with van der Waals surface area (Å²) >= 11 is 10.9. The van der Waals surface area contributed by atoms with Gasteiger partial charge in [-0.15, -0.1) is 0 Å². The molecule has 1 heterocycles. The number of carboxylic acids is 1. The zero-order valence-corrected chi connectivity index (χ0v) is 12.8. The van der Waals surface area contributed by atoms with Gasteiger partial charge in [0.25, 0.3) is 0 Å². The molecule has 0 saturated heterocycles. The maximum absolute atomic E-state index is 10.4. The molecule has 0 aliphatic rings. The quantitative estimate of drug-likeness (QED) is 0.529. The van der Waals surface area contributed by atoms with Crippen molar-refractivity contribution in [3.8, 4) is 0 Å². The van der Waals surface area contributed by atoms with Gasteiger partial charge in [-0.2, -0.15) is 0 Å². The van der Waals surface area contributed by atoms with E-state index in [1.54, 1.807) is 4.90 Å². The third-order valence-electron chi connectivity index (χ3n) is 2.26. The van der Waals surface area contributed by atoms with Crippen LogP contribution < -0.4 is 0 Å². The Hall–Kier alpha value is -0.960. The van der Waals surface area contributed by atoms with Crippen molar-refractivity contribution in [2.24, 2.45) is 0 Å². The van der Waals surface area contributed by atoms with Crippen LogP contribution in [0, 0.1) is 0 Å². The lowest BCUT2D eigenvalue weighted by atomic mass is 10.3. The molecule has 0 radical (unpaired) electrons. The SMILES string of the molecule is O=C(O)c1nc(Cl)ccc1Cl.OCCN(CCO)CCO. The van der Waals surface area contributed by atoms with Crippen molar-refractivity contribution < 1.29 is 25.2 Å². The standard InChI is InChI=1S/C6H3Cl2NO2.C6H15NO3/c7-3-1-2-4(8)9-5(3)6(10)11;8-4-1-7(2-5-9)3-6-10/h1-2H,(H,10,11);8-10H,1-6H2. The molecule has 0 spiro atoms. The van der Waals surface area contributed by atoms with Crippen LogP contribution in [0.2, 0.25) is 10.2 Å². The lowest BCUT2D eigenvalue weighted by Gasteiger charge is -2.17. The Morgan fingerprint density at radius 1 is 1.05 bits per heavy atom. The highest BCUT2D eigenvalue weighted by molar-refractivity contribution is 6.34. The molecular weight excluding hydrogens is 323 g/mol. The zero-order valence-electron chi connectivity index (χ0n) is 11.2. The highest BCUT2D eigenvalue weighted by atomic mass is 35.5. The molecule has 1 rings (SSSR count).